The first kappa shape index (κ1) is 47.0. The van der Waals surface area contributed by atoms with Gasteiger partial charge in [0.2, 0.25) is 18.1 Å². The molecular weight excluding hydrogens is 634 g/mol. The van der Waals surface area contributed by atoms with Crippen molar-refractivity contribution in [2.24, 2.45) is 0 Å². The molecule has 0 aliphatic heterocycles. The van der Waals surface area contributed by atoms with Gasteiger partial charge in [-0.25, -0.2) is 0 Å². The van der Waals surface area contributed by atoms with E-state index in [4.69, 9.17) is 28.4 Å². The van der Waals surface area contributed by atoms with E-state index >= 15 is 0 Å². The number of amides is 2. The summed E-state index contributed by atoms with van der Waals surface area (Å²) in [6.07, 6.45) is 21.7. The van der Waals surface area contributed by atoms with Crippen LogP contribution in [0.15, 0.2) is 0 Å². The molecule has 287 valence electrons. The van der Waals surface area contributed by atoms with Gasteiger partial charge in [-0.2, -0.15) is 0 Å². The Hall–Kier alpha value is -2.00. The number of nitrogens with one attached hydrogen (secondary N) is 3. The highest BCUT2D eigenvalue weighted by Gasteiger charge is 2.06. The molecule has 1 atom stereocenters. The van der Waals surface area contributed by atoms with Gasteiger partial charge in [-0.3, -0.25) is 24.5 Å². The Bertz CT molecular complexity index is 748. The van der Waals surface area contributed by atoms with Crippen LogP contribution in [0.4, 0.5) is 0 Å². The molecule has 0 fully saturated rings. The minimum atomic E-state index is -0.777. The van der Waals surface area contributed by atoms with Crippen molar-refractivity contribution < 1.29 is 47.6 Å². The van der Waals surface area contributed by atoms with Crippen molar-refractivity contribution in [3.05, 3.63) is 0 Å². The molecule has 13 heteroatoms. The quantitative estimate of drug-likeness (QED) is 0.0483. The lowest BCUT2D eigenvalue weighted by atomic mass is 10.0. The number of hydrogen-bond acceptors (Lipinski definition) is 11. The molecule has 1 radical (unpaired) electrons. The van der Waals surface area contributed by atoms with Crippen molar-refractivity contribution in [3.8, 4) is 0 Å². The summed E-state index contributed by atoms with van der Waals surface area (Å²) >= 11 is 0. The van der Waals surface area contributed by atoms with Gasteiger partial charge in [0, 0.05) is 26.1 Å². The molecule has 0 saturated heterocycles. The maximum atomic E-state index is 12.0. The van der Waals surface area contributed by atoms with Gasteiger partial charge in [0.05, 0.1) is 59.5 Å². The Labute approximate surface area is 295 Å². The number of carbonyl (C=O) groups is 3. The first-order valence-corrected chi connectivity index (χ1v) is 18.7. The number of hydrogen-bond donors (Lipinski definition) is 3. The van der Waals surface area contributed by atoms with E-state index in [-0.39, 0.29) is 44.8 Å². The largest absolute Gasteiger partial charge is 0.378 e. The molecule has 0 aliphatic carbocycles. The monoisotopic (exact) mass is 702 g/mol. The number of rotatable bonds is 41. The molecule has 49 heavy (non-hydrogen) atoms. The third-order valence-corrected chi connectivity index (χ3v) is 7.52. The second kappa shape index (κ2) is 40.4. The van der Waals surface area contributed by atoms with Crippen molar-refractivity contribution >= 4 is 24.4 Å². The molecule has 0 rings (SSSR count). The molecule has 0 aromatic carbocycles. The predicted octanol–water partition coefficient (Wildman–Crippen LogP) is 3.80. The van der Waals surface area contributed by atoms with Crippen LogP contribution in [0.2, 0.25) is 0 Å². The van der Waals surface area contributed by atoms with E-state index in [1.807, 2.05) is 0 Å². The van der Waals surface area contributed by atoms with Crippen LogP contribution >= 0.6 is 0 Å². The van der Waals surface area contributed by atoms with Crippen LogP contribution in [-0.2, 0) is 47.6 Å². The zero-order valence-corrected chi connectivity index (χ0v) is 30.5. The van der Waals surface area contributed by atoms with Gasteiger partial charge in [0.25, 0.3) is 0 Å². The van der Waals surface area contributed by atoms with E-state index in [0.29, 0.717) is 72.0 Å². The summed E-state index contributed by atoms with van der Waals surface area (Å²) in [6.45, 7) is 6.06. The van der Waals surface area contributed by atoms with Gasteiger partial charge in [0.15, 0.2) is 12.5 Å². The molecule has 3 N–H and O–H groups in total. The molecule has 0 aliphatic rings. The molecule has 0 aromatic rings. The van der Waals surface area contributed by atoms with Gasteiger partial charge < -0.3 is 39.1 Å². The third-order valence-electron chi connectivity index (χ3n) is 7.52. The summed E-state index contributed by atoms with van der Waals surface area (Å²) in [6, 6.07) is 0. The highest BCUT2D eigenvalue weighted by Crippen LogP contribution is 2.13. The normalized spacial score (nSPS) is 11.8. The lowest BCUT2D eigenvalue weighted by molar-refractivity contribution is -0.127. The Kier molecular flexibility index (Phi) is 38.8. The van der Waals surface area contributed by atoms with Crippen LogP contribution in [0.1, 0.15) is 110 Å². The number of unbranched alkanes of at least 4 members (excludes halogenated alkanes) is 14. The first-order chi connectivity index (χ1) is 24.1. The fourth-order valence-electron chi connectivity index (χ4n) is 4.80. The van der Waals surface area contributed by atoms with E-state index in [9.17, 15) is 19.2 Å². The average molecular weight is 703 g/mol. The summed E-state index contributed by atoms with van der Waals surface area (Å²) < 4.78 is 31.7. The highest BCUT2D eigenvalue weighted by molar-refractivity contribution is 5.77. The second-order valence-electron chi connectivity index (χ2n) is 11.9. The molecule has 1 unspecified atom stereocenters. The van der Waals surface area contributed by atoms with Crippen LogP contribution in [0.25, 0.3) is 0 Å². The standard InChI is InChI=1S/C36H68N3O10/c1-2-3-4-5-6-7-8-9-10-11-12-13-14-15-16-17-34(42)37-18-22-44-28-29-48-33-35(43)38-19-23-46-30-31-49-36(32-41)39-20-24-45-26-27-47-25-21-40/h32,36,39H,2-20,22-31,33H2,1H3,(H,37,42)(H,38,43). The molecule has 0 bridgehead atoms. The van der Waals surface area contributed by atoms with Crippen LogP contribution < -0.4 is 16.0 Å². The maximum absolute atomic E-state index is 12.0. The van der Waals surface area contributed by atoms with Crippen LogP contribution in [0, 0.1) is 0 Å². The van der Waals surface area contributed by atoms with Crippen molar-refractivity contribution in [2.75, 3.05) is 92.3 Å². The van der Waals surface area contributed by atoms with Gasteiger partial charge in [-0.05, 0) is 6.42 Å². The SMILES string of the molecule is CCCCCCCCCCCCCCCCCC(=O)NCCOCCOCC(=O)NCCOCCOC(C=O)NCCOCCOC[C]=O. The first-order valence-electron chi connectivity index (χ1n) is 18.7. The summed E-state index contributed by atoms with van der Waals surface area (Å²) in [5.41, 5.74) is 0. The number of carbonyl (C=O) groups excluding carboxylic acids is 4. The van der Waals surface area contributed by atoms with Crippen molar-refractivity contribution in [1.82, 2.24) is 16.0 Å². The van der Waals surface area contributed by atoms with Gasteiger partial charge >= 0.3 is 0 Å². The fraction of sp³-hybridized carbons (Fsp3) is 0.889. The van der Waals surface area contributed by atoms with E-state index in [0.717, 1.165) is 12.8 Å². The summed E-state index contributed by atoms with van der Waals surface area (Å²) in [5.74, 6) is -0.190. The average Bonchev–Trinajstić information content (AvgIpc) is 3.10. The minimum Gasteiger partial charge on any atom is -0.378 e. The predicted molar refractivity (Wildman–Crippen MR) is 189 cm³/mol. The summed E-state index contributed by atoms with van der Waals surface area (Å²) in [4.78, 5) is 44.9. The van der Waals surface area contributed by atoms with Gasteiger partial charge in [-0.1, -0.05) is 96.8 Å². The van der Waals surface area contributed by atoms with Gasteiger partial charge in [0.1, 0.15) is 13.2 Å². The van der Waals surface area contributed by atoms with Crippen molar-refractivity contribution in [3.63, 3.8) is 0 Å². The lowest BCUT2D eigenvalue weighted by Gasteiger charge is -2.14. The zero-order chi connectivity index (χ0) is 35.7. The van der Waals surface area contributed by atoms with E-state index in [1.165, 1.54) is 83.5 Å². The molecule has 0 heterocycles. The van der Waals surface area contributed by atoms with E-state index in [1.54, 1.807) is 6.29 Å². The van der Waals surface area contributed by atoms with Crippen molar-refractivity contribution in [2.45, 2.75) is 116 Å². The molecule has 0 spiro atoms. The van der Waals surface area contributed by atoms with Crippen LogP contribution in [-0.4, -0.2) is 123 Å². The number of ether oxygens (including phenoxy) is 6. The third kappa shape index (κ3) is 38.7. The van der Waals surface area contributed by atoms with Gasteiger partial charge in [-0.15, -0.1) is 0 Å². The highest BCUT2D eigenvalue weighted by atomic mass is 16.5. The van der Waals surface area contributed by atoms with Crippen LogP contribution in [0.3, 0.4) is 0 Å². The molecule has 2 amide bonds. The Morgan fingerprint density at radius 2 is 1.04 bits per heavy atom. The summed E-state index contributed by atoms with van der Waals surface area (Å²) in [5, 5.41) is 8.46. The number of aldehydes is 1. The molecular formula is C36H68N3O10. The molecule has 0 aromatic heterocycles. The van der Waals surface area contributed by atoms with E-state index < -0.39 is 6.23 Å². The fourth-order valence-corrected chi connectivity index (χ4v) is 4.80. The topological polar surface area (TPSA) is 160 Å². The Morgan fingerprint density at radius 3 is 1.59 bits per heavy atom. The minimum absolute atomic E-state index is 0.0673. The molecule has 13 nitrogen and oxygen atoms in total. The van der Waals surface area contributed by atoms with E-state index in [2.05, 4.69) is 22.9 Å². The lowest BCUT2D eigenvalue weighted by Crippen LogP contribution is -2.36. The second-order valence-corrected chi connectivity index (χ2v) is 11.9. The summed E-state index contributed by atoms with van der Waals surface area (Å²) in [7, 11) is 0. The Morgan fingerprint density at radius 1 is 0.571 bits per heavy atom. The van der Waals surface area contributed by atoms with Crippen molar-refractivity contribution in [1.29, 1.82) is 0 Å². The zero-order valence-electron chi connectivity index (χ0n) is 30.5. The van der Waals surface area contributed by atoms with Crippen LogP contribution in [0.5, 0.6) is 0 Å². The molecule has 0 saturated carbocycles. The maximum Gasteiger partial charge on any atom is 0.246 e. The Balaban J connectivity index is 3.37. The smallest absolute Gasteiger partial charge is 0.246 e.